The first-order valence-electron chi connectivity index (χ1n) is 6.06. The first-order chi connectivity index (χ1) is 8.76. The zero-order valence-corrected chi connectivity index (χ0v) is 10.4. The molecule has 5 heteroatoms. The first kappa shape index (κ1) is 12.7. The van der Waals surface area contributed by atoms with Crippen LogP contribution in [0.25, 0.3) is 0 Å². The normalized spacial score (nSPS) is 12.6. The number of rotatable bonds is 5. The summed E-state index contributed by atoms with van der Waals surface area (Å²) in [6.07, 6.45) is 0.857. The van der Waals surface area contributed by atoms with Crippen molar-refractivity contribution in [1.82, 2.24) is 4.90 Å². The number of carbonyl (C=O) groups excluding carboxylic acids is 1. The third kappa shape index (κ3) is 2.56. The number of aliphatic hydroxyl groups excluding tert-OH is 1. The fraction of sp³-hybridized carbons (Fsp3) is 0.462. The number of ether oxygens (including phenoxy) is 2. The Morgan fingerprint density at radius 1 is 1.33 bits per heavy atom. The highest BCUT2D eigenvalue weighted by atomic mass is 16.7. The van der Waals surface area contributed by atoms with Crippen molar-refractivity contribution in [2.24, 2.45) is 0 Å². The van der Waals surface area contributed by atoms with E-state index < -0.39 is 0 Å². The standard InChI is InChI=1S/C13H17NO4/c1-2-5-14(6-7-15)13(16)10-3-4-11-12(8-10)18-9-17-11/h3-4,8,15H,2,5-7,9H2,1H3. The maximum absolute atomic E-state index is 12.2. The third-order valence-electron chi connectivity index (χ3n) is 2.77. The van der Waals surface area contributed by atoms with E-state index in [4.69, 9.17) is 14.6 Å². The molecule has 1 N–H and O–H groups in total. The van der Waals surface area contributed by atoms with E-state index in [2.05, 4.69) is 0 Å². The SMILES string of the molecule is CCCN(CCO)C(=O)c1ccc2c(c1)OCO2. The topological polar surface area (TPSA) is 59.0 Å². The molecule has 1 aliphatic heterocycles. The van der Waals surface area contributed by atoms with Crippen LogP contribution in [0.1, 0.15) is 23.7 Å². The Labute approximate surface area is 106 Å². The second-order valence-corrected chi connectivity index (χ2v) is 4.08. The van der Waals surface area contributed by atoms with Crippen molar-refractivity contribution in [2.45, 2.75) is 13.3 Å². The number of fused-ring (bicyclic) bond motifs is 1. The molecule has 1 aromatic carbocycles. The van der Waals surface area contributed by atoms with Crippen LogP contribution in [0.15, 0.2) is 18.2 Å². The second-order valence-electron chi connectivity index (χ2n) is 4.08. The average molecular weight is 251 g/mol. The second kappa shape index (κ2) is 5.73. The molecule has 0 unspecified atom stereocenters. The summed E-state index contributed by atoms with van der Waals surface area (Å²) in [5.41, 5.74) is 0.557. The zero-order chi connectivity index (χ0) is 13.0. The molecular formula is C13H17NO4. The highest BCUT2D eigenvalue weighted by Gasteiger charge is 2.19. The van der Waals surface area contributed by atoms with Gasteiger partial charge in [0.05, 0.1) is 6.61 Å². The molecule has 0 aromatic heterocycles. The predicted octanol–water partition coefficient (Wildman–Crippen LogP) is 1.26. The number of carbonyl (C=O) groups is 1. The average Bonchev–Trinajstić information content (AvgIpc) is 2.84. The van der Waals surface area contributed by atoms with Crippen molar-refractivity contribution in [2.75, 3.05) is 26.5 Å². The molecule has 0 fully saturated rings. The molecule has 2 rings (SSSR count). The van der Waals surface area contributed by atoms with Crippen molar-refractivity contribution < 1.29 is 19.4 Å². The Hall–Kier alpha value is -1.75. The molecule has 1 heterocycles. The van der Waals surface area contributed by atoms with Gasteiger partial charge in [-0.2, -0.15) is 0 Å². The van der Waals surface area contributed by atoms with Gasteiger partial charge < -0.3 is 19.5 Å². The smallest absolute Gasteiger partial charge is 0.254 e. The van der Waals surface area contributed by atoms with Crippen LogP contribution < -0.4 is 9.47 Å². The van der Waals surface area contributed by atoms with E-state index in [1.165, 1.54) is 0 Å². The predicted molar refractivity (Wildman–Crippen MR) is 65.8 cm³/mol. The lowest BCUT2D eigenvalue weighted by atomic mass is 10.1. The Balaban J connectivity index is 2.16. The Morgan fingerprint density at radius 2 is 2.11 bits per heavy atom. The molecule has 0 saturated carbocycles. The fourth-order valence-corrected chi connectivity index (χ4v) is 1.92. The first-order valence-corrected chi connectivity index (χ1v) is 6.06. The van der Waals surface area contributed by atoms with Crippen molar-refractivity contribution >= 4 is 5.91 Å². The Bertz CT molecular complexity index is 427. The summed E-state index contributed by atoms with van der Waals surface area (Å²) in [7, 11) is 0. The highest BCUT2D eigenvalue weighted by molar-refractivity contribution is 5.95. The van der Waals surface area contributed by atoms with Gasteiger partial charge in [0.15, 0.2) is 11.5 Å². The van der Waals surface area contributed by atoms with Crippen molar-refractivity contribution in [3.05, 3.63) is 23.8 Å². The van der Waals surface area contributed by atoms with Crippen LogP contribution in [0.5, 0.6) is 11.5 Å². The molecule has 0 spiro atoms. The molecule has 1 amide bonds. The van der Waals surface area contributed by atoms with Crippen LogP contribution in [-0.2, 0) is 0 Å². The van der Waals surface area contributed by atoms with E-state index >= 15 is 0 Å². The van der Waals surface area contributed by atoms with Gasteiger partial charge in [0.2, 0.25) is 6.79 Å². The molecular weight excluding hydrogens is 234 g/mol. The highest BCUT2D eigenvalue weighted by Crippen LogP contribution is 2.32. The van der Waals surface area contributed by atoms with Crippen molar-refractivity contribution in [3.63, 3.8) is 0 Å². The molecule has 5 nitrogen and oxygen atoms in total. The maximum atomic E-state index is 12.2. The van der Waals surface area contributed by atoms with Gasteiger partial charge in [0, 0.05) is 18.7 Å². The summed E-state index contributed by atoms with van der Waals surface area (Å²) in [5, 5.41) is 8.98. The molecule has 18 heavy (non-hydrogen) atoms. The van der Waals surface area contributed by atoms with Crippen LogP contribution in [0.2, 0.25) is 0 Å². The molecule has 1 aromatic rings. The molecule has 0 saturated heterocycles. The maximum Gasteiger partial charge on any atom is 0.254 e. The van der Waals surface area contributed by atoms with Crippen molar-refractivity contribution in [3.8, 4) is 11.5 Å². The number of nitrogens with zero attached hydrogens (tertiary/aromatic N) is 1. The van der Waals surface area contributed by atoms with Crippen LogP contribution in [0.4, 0.5) is 0 Å². The van der Waals surface area contributed by atoms with E-state index in [0.717, 1.165) is 6.42 Å². The molecule has 0 bridgehead atoms. The number of hydrogen-bond acceptors (Lipinski definition) is 4. The zero-order valence-electron chi connectivity index (χ0n) is 10.4. The van der Waals surface area contributed by atoms with Gasteiger partial charge in [-0.25, -0.2) is 0 Å². The Morgan fingerprint density at radius 3 is 2.83 bits per heavy atom. The van der Waals surface area contributed by atoms with Crippen LogP contribution in [-0.4, -0.2) is 42.4 Å². The molecule has 1 aliphatic rings. The summed E-state index contributed by atoms with van der Waals surface area (Å²) >= 11 is 0. The monoisotopic (exact) mass is 251 g/mol. The summed E-state index contributed by atoms with van der Waals surface area (Å²) in [6.45, 7) is 3.14. The minimum absolute atomic E-state index is 0.0315. The molecule has 0 aliphatic carbocycles. The van der Waals surface area contributed by atoms with Gasteiger partial charge in [0.1, 0.15) is 0 Å². The number of benzene rings is 1. The summed E-state index contributed by atoms with van der Waals surface area (Å²) in [5.74, 6) is 1.17. The van der Waals surface area contributed by atoms with Gasteiger partial charge in [-0.3, -0.25) is 4.79 Å². The fourth-order valence-electron chi connectivity index (χ4n) is 1.92. The molecule has 98 valence electrons. The summed E-state index contributed by atoms with van der Waals surface area (Å²) < 4.78 is 10.4. The Kier molecular flexibility index (Phi) is 4.04. The van der Waals surface area contributed by atoms with Gasteiger partial charge in [-0.15, -0.1) is 0 Å². The summed E-state index contributed by atoms with van der Waals surface area (Å²) in [6, 6.07) is 5.14. The van der Waals surface area contributed by atoms with E-state index in [1.807, 2.05) is 6.92 Å². The van der Waals surface area contributed by atoms with Crippen LogP contribution in [0.3, 0.4) is 0 Å². The van der Waals surface area contributed by atoms with Gasteiger partial charge >= 0.3 is 0 Å². The van der Waals surface area contributed by atoms with Gasteiger partial charge in [-0.05, 0) is 24.6 Å². The van der Waals surface area contributed by atoms with E-state index in [0.29, 0.717) is 30.2 Å². The van der Waals surface area contributed by atoms with E-state index in [9.17, 15) is 4.79 Å². The van der Waals surface area contributed by atoms with E-state index in [-0.39, 0.29) is 19.3 Å². The third-order valence-corrected chi connectivity index (χ3v) is 2.77. The van der Waals surface area contributed by atoms with Gasteiger partial charge in [0.25, 0.3) is 5.91 Å². The van der Waals surface area contributed by atoms with Gasteiger partial charge in [-0.1, -0.05) is 6.92 Å². The van der Waals surface area contributed by atoms with Crippen LogP contribution >= 0.6 is 0 Å². The number of amides is 1. The number of aliphatic hydroxyl groups is 1. The lowest BCUT2D eigenvalue weighted by molar-refractivity contribution is 0.0721. The summed E-state index contributed by atoms with van der Waals surface area (Å²) in [4.78, 5) is 13.9. The number of hydrogen-bond donors (Lipinski definition) is 1. The minimum Gasteiger partial charge on any atom is -0.454 e. The van der Waals surface area contributed by atoms with E-state index in [1.54, 1.807) is 23.1 Å². The molecule has 0 atom stereocenters. The minimum atomic E-state index is -0.0933. The largest absolute Gasteiger partial charge is 0.454 e. The lowest BCUT2D eigenvalue weighted by Crippen LogP contribution is -2.34. The molecule has 0 radical (unpaired) electrons. The quantitative estimate of drug-likeness (QED) is 0.856. The van der Waals surface area contributed by atoms with Crippen molar-refractivity contribution in [1.29, 1.82) is 0 Å². The lowest BCUT2D eigenvalue weighted by Gasteiger charge is -2.21. The van der Waals surface area contributed by atoms with Crippen LogP contribution in [0, 0.1) is 0 Å².